The second-order valence-corrected chi connectivity index (χ2v) is 7.55. The first-order chi connectivity index (χ1) is 8.43. The van der Waals surface area contributed by atoms with Gasteiger partial charge in [-0.3, -0.25) is 4.40 Å². The van der Waals surface area contributed by atoms with Crippen LogP contribution in [0.3, 0.4) is 0 Å². The van der Waals surface area contributed by atoms with Gasteiger partial charge >= 0.3 is 5.97 Å². The highest BCUT2D eigenvalue weighted by atomic mass is 31.2. The molecule has 0 N–H and O–H groups in total. The van der Waals surface area contributed by atoms with Gasteiger partial charge in [-0.25, -0.2) is 9.78 Å². The van der Waals surface area contributed by atoms with Crippen molar-refractivity contribution in [3.05, 3.63) is 30.2 Å². The molecule has 0 aromatic carbocycles. The van der Waals surface area contributed by atoms with Crippen molar-refractivity contribution in [2.45, 2.75) is 6.92 Å². The van der Waals surface area contributed by atoms with Gasteiger partial charge in [0.1, 0.15) is 12.8 Å². The van der Waals surface area contributed by atoms with Gasteiger partial charge in [-0.2, -0.15) is 0 Å². The fourth-order valence-electron chi connectivity index (χ4n) is 1.66. The van der Waals surface area contributed by atoms with Crippen molar-refractivity contribution in [2.75, 3.05) is 19.9 Å². The second-order valence-electron chi connectivity index (χ2n) is 4.33. The van der Waals surface area contributed by atoms with Gasteiger partial charge in [-0.05, 0) is 32.4 Å². The van der Waals surface area contributed by atoms with Crippen molar-refractivity contribution < 1.29 is 14.1 Å². The molecule has 6 heteroatoms. The van der Waals surface area contributed by atoms with Crippen LogP contribution in [0.1, 0.15) is 17.4 Å². The minimum absolute atomic E-state index is 0.323. The first-order valence-corrected chi connectivity index (χ1v) is 8.23. The zero-order valence-corrected chi connectivity index (χ0v) is 11.5. The summed E-state index contributed by atoms with van der Waals surface area (Å²) in [6, 6.07) is 3.49. The summed E-state index contributed by atoms with van der Waals surface area (Å²) in [7, 11) is -2.32. The van der Waals surface area contributed by atoms with Crippen molar-refractivity contribution in [2.24, 2.45) is 0 Å². The van der Waals surface area contributed by atoms with Crippen molar-refractivity contribution in [3.8, 4) is 0 Å². The summed E-state index contributed by atoms with van der Waals surface area (Å²) in [5.74, 6) is -0.408. The Morgan fingerprint density at radius 3 is 2.83 bits per heavy atom. The highest BCUT2D eigenvalue weighted by Gasteiger charge is 2.16. The summed E-state index contributed by atoms with van der Waals surface area (Å²) in [6.45, 7) is 5.48. The first-order valence-electron chi connectivity index (χ1n) is 5.63. The number of hydrogen-bond acceptors (Lipinski definition) is 4. The second kappa shape index (κ2) is 4.58. The molecule has 0 atom stereocenters. The monoisotopic (exact) mass is 266 g/mol. The van der Waals surface area contributed by atoms with Crippen LogP contribution >= 0.6 is 7.14 Å². The smallest absolute Gasteiger partial charge is 0.356 e. The van der Waals surface area contributed by atoms with Crippen LogP contribution in [0, 0.1) is 0 Å². The third-order valence-electron chi connectivity index (χ3n) is 2.60. The number of ether oxygens (including phenoxy) is 1. The molecule has 0 spiro atoms. The van der Waals surface area contributed by atoms with E-state index in [1.807, 2.05) is 0 Å². The molecular formula is C12H15N2O3P. The maximum Gasteiger partial charge on any atom is 0.356 e. The Labute approximate surface area is 105 Å². The Kier molecular flexibility index (Phi) is 3.26. The van der Waals surface area contributed by atoms with Gasteiger partial charge in [-0.15, -0.1) is 0 Å². The Bertz CT molecular complexity index is 642. The Hall–Kier alpha value is -1.61. The molecule has 0 bridgehead atoms. The predicted molar refractivity (Wildman–Crippen MR) is 70.2 cm³/mol. The molecule has 0 aliphatic rings. The number of carbonyl (C=O) groups is 1. The lowest BCUT2D eigenvalue weighted by molar-refractivity contribution is 0.0518. The van der Waals surface area contributed by atoms with Gasteiger partial charge in [0.15, 0.2) is 5.69 Å². The van der Waals surface area contributed by atoms with Crippen LogP contribution in [0.5, 0.6) is 0 Å². The van der Waals surface area contributed by atoms with Crippen LogP contribution in [0.2, 0.25) is 0 Å². The molecule has 2 aromatic heterocycles. The molecule has 0 saturated heterocycles. The van der Waals surface area contributed by atoms with Gasteiger partial charge < -0.3 is 9.30 Å². The van der Waals surface area contributed by atoms with Crippen LogP contribution in [-0.2, 0) is 9.30 Å². The number of aromatic nitrogens is 2. The zero-order chi connectivity index (χ0) is 13.3. The number of imidazole rings is 1. The van der Waals surface area contributed by atoms with Crippen molar-refractivity contribution >= 4 is 24.1 Å². The lowest BCUT2D eigenvalue weighted by Crippen LogP contribution is -2.09. The normalized spacial score (nSPS) is 11.7. The molecule has 2 rings (SSSR count). The van der Waals surface area contributed by atoms with Gasteiger partial charge in [0.05, 0.1) is 12.8 Å². The summed E-state index contributed by atoms with van der Waals surface area (Å²) in [5.41, 5.74) is 0.972. The predicted octanol–water partition coefficient (Wildman–Crippen LogP) is 1.76. The standard InChI is InChI=1S/C12H15N2O3P/c1-4-17-12(15)10-8-13-11-7-9(18(2,3)16)5-6-14(10)11/h5-8H,4H2,1-3H3. The Morgan fingerprint density at radius 1 is 1.50 bits per heavy atom. The van der Waals surface area contributed by atoms with E-state index < -0.39 is 13.1 Å². The summed E-state index contributed by atoms with van der Waals surface area (Å²) in [5, 5.41) is 0.746. The van der Waals surface area contributed by atoms with E-state index in [1.54, 1.807) is 43.0 Å². The zero-order valence-electron chi connectivity index (χ0n) is 10.6. The molecular weight excluding hydrogens is 251 g/mol. The van der Waals surface area contributed by atoms with E-state index in [4.69, 9.17) is 4.74 Å². The molecule has 0 aliphatic heterocycles. The van der Waals surface area contributed by atoms with E-state index in [0.717, 1.165) is 5.30 Å². The number of rotatable bonds is 3. The third kappa shape index (κ3) is 2.31. The highest BCUT2D eigenvalue weighted by Crippen LogP contribution is 2.34. The van der Waals surface area contributed by atoms with Gasteiger partial charge in [0, 0.05) is 11.5 Å². The lowest BCUT2D eigenvalue weighted by atomic mass is 10.4. The molecule has 2 heterocycles. The van der Waals surface area contributed by atoms with Crippen LogP contribution in [0.25, 0.3) is 5.65 Å². The van der Waals surface area contributed by atoms with Crippen LogP contribution in [0.4, 0.5) is 0 Å². The molecule has 96 valence electrons. The number of hydrogen-bond donors (Lipinski definition) is 0. The van der Waals surface area contributed by atoms with Crippen LogP contribution in [0.15, 0.2) is 24.5 Å². The summed E-state index contributed by atoms with van der Waals surface area (Å²) >= 11 is 0. The van der Waals surface area contributed by atoms with Crippen molar-refractivity contribution in [3.63, 3.8) is 0 Å². The molecule has 0 fully saturated rings. The van der Waals surface area contributed by atoms with Crippen molar-refractivity contribution in [1.29, 1.82) is 0 Å². The van der Waals surface area contributed by atoms with Gasteiger partial charge in [0.25, 0.3) is 0 Å². The first kappa shape index (κ1) is 12.8. The maximum absolute atomic E-state index is 12.0. The minimum atomic E-state index is -2.32. The fraction of sp³-hybridized carbons (Fsp3) is 0.333. The quantitative estimate of drug-likeness (QED) is 0.627. The molecule has 18 heavy (non-hydrogen) atoms. The highest BCUT2D eigenvalue weighted by molar-refractivity contribution is 7.70. The number of nitrogens with zero attached hydrogens (tertiary/aromatic N) is 2. The number of carbonyl (C=O) groups excluding carboxylic acids is 1. The average molecular weight is 266 g/mol. The Morgan fingerprint density at radius 2 is 2.22 bits per heavy atom. The third-order valence-corrected chi connectivity index (χ3v) is 4.12. The molecule has 2 aromatic rings. The van der Waals surface area contributed by atoms with E-state index in [0.29, 0.717) is 17.9 Å². The SMILES string of the molecule is CCOC(=O)c1cnc2cc(P(C)(C)=O)ccn12. The molecule has 0 amide bonds. The largest absolute Gasteiger partial charge is 0.461 e. The van der Waals surface area contributed by atoms with Crippen LogP contribution < -0.4 is 5.30 Å². The minimum Gasteiger partial charge on any atom is -0.461 e. The van der Waals surface area contributed by atoms with Crippen LogP contribution in [-0.4, -0.2) is 35.3 Å². The molecule has 0 radical (unpaired) electrons. The summed E-state index contributed by atoms with van der Waals surface area (Å²) in [4.78, 5) is 15.8. The maximum atomic E-state index is 12.0. The van der Waals surface area contributed by atoms with E-state index in [1.165, 1.54) is 6.20 Å². The number of pyridine rings is 1. The number of esters is 1. The lowest BCUT2D eigenvalue weighted by Gasteiger charge is -2.07. The summed E-state index contributed by atoms with van der Waals surface area (Å²) in [6.07, 6.45) is 3.16. The average Bonchev–Trinajstić information content (AvgIpc) is 2.70. The summed E-state index contributed by atoms with van der Waals surface area (Å²) < 4.78 is 18.5. The molecule has 5 nitrogen and oxygen atoms in total. The Balaban J connectivity index is 2.50. The number of fused-ring (bicyclic) bond motifs is 1. The topological polar surface area (TPSA) is 60.7 Å². The van der Waals surface area contributed by atoms with Gasteiger partial charge in [0.2, 0.25) is 0 Å². The van der Waals surface area contributed by atoms with E-state index in [2.05, 4.69) is 4.98 Å². The molecule has 0 aliphatic carbocycles. The molecule has 0 unspecified atom stereocenters. The fourth-order valence-corrected chi connectivity index (χ4v) is 2.51. The van der Waals surface area contributed by atoms with E-state index in [-0.39, 0.29) is 0 Å². The van der Waals surface area contributed by atoms with Gasteiger partial charge in [-0.1, -0.05) is 0 Å². The van der Waals surface area contributed by atoms with Crippen molar-refractivity contribution in [1.82, 2.24) is 9.38 Å². The van der Waals surface area contributed by atoms with E-state index in [9.17, 15) is 9.36 Å². The molecule has 0 saturated carbocycles. The van der Waals surface area contributed by atoms with E-state index >= 15 is 0 Å².